The van der Waals surface area contributed by atoms with Crippen LogP contribution in [-0.4, -0.2) is 50.8 Å². The first kappa shape index (κ1) is 17.1. The highest BCUT2D eigenvalue weighted by molar-refractivity contribution is 5.74. The van der Waals surface area contributed by atoms with E-state index < -0.39 is 0 Å². The number of hydrogen-bond donors (Lipinski definition) is 1. The van der Waals surface area contributed by atoms with E-state index in [0.29, 0.717) is 5.92 Å². The fourth-order valence-electron chi connectivity index (χ4n) is 3.54. The number of rotatable bonds is 5. The van der Waals surface area contributed by atoms with Gasteiger partial charge < -0.3 is 19.9 Å². The molecule has 0 radical (unpaired) electrons. The van der Waals surface area contributed by atoms with Crippen molar-refractivity contribution in [3.8, 4) is 0 Å². The number of nitrogens with zero attached hydrogens (tertiary/aromatic N) is 2. The molecule has 1 aromatic carbocycles. The number of carbonyl (C=O) groups is 1. The molecule has 0 spiro atoms. The van der Waals surface area contributed by atoms with Gasteiger partial charge in [0.15, 0.2) is 0 Å². The zero-order valence-electron chi connectivity index (χ0n) is 14.8. The molecule has 5 heteroatoms. The Morgan fingerprint density at radius 3 is 2.92 bits per heavy atom. The van der Waals surface area contributed by atoms with Crippen molar-refractivity contribution in [3.63, 3.8) is 0 Å². The van der Waals surface area contributed by atoms with Gasteiger partial charge in [-0.25, -0.2) is 4.79 Å². The van der Waals surface area contributed by atoms with E-state index in [2.05, 4.69) is 34.5 Å². The Balaban J connectivity index is 1.56. The summed E-state index contributed by atoms with van der Waals surface area (Å²) in [6.45, 7) is 6.66. The van der Waals surface area contributed by atoms with E-state index in [1.54, 1.807) is 4.90 Å². The Morgan fingerprint density at radius 2 is 2.21 bits per heavy atom. The third-order valence-electron chi connectivity index (χ3n) is 5.08. The van der Waals surface area contributed by atoms with E-state index in [1.807, 2.05) is 14.0 Å². The molecule has 132 valence electrons. The van der Waals surface area contributed by atoms with Crippen molar-refractivity contribution in [2.75, 3.05) is 44.8 Å². The predicted octanol–water partition coefficient (Wildman–Crippen LogP) is 3.03. The lowest BCUT2D eigenvalue weighted by atomic mass is 10.1. The van der Waals surface area contributed by atoms with Gasteiger partial charge in [-0.05, 0) is 43.9 Å². The van der Waals surface area contributed by atoms with Crippen LogP contribution in [0.15, 0.2) is 24.3 Å². The second-order valence-electron chi connectivity index (χ2n) is 7.07. The highest BCUT2D eigenvalue weighted by Gasteiger charge is 2.21. The summed E-state index contributed by atoms with van der Waals surface area (Å²) < 4.78 is 5.39. The van der Waals surface area contributed by atoms with Crippen LogP contribution in [-0.2, 0) is 4.74 Å². The summed E-state index contributed by atoms with van der Waals surface area (Å²) in [5, 5.41) is 3.12. The second-order valence-corrected chi connectivity index (χ2v) is 7.07. The number of ether oxygens (including phenoxy) is 1. The van der Waals surface area contributed by atoms with Gasteiger partial charge in [0.05, 0.1) is 12.6 Å². The first-order chi connectivity index (χ1) is 11.6. The Kier molecular flexibility index (Phi) is 5.61. The zero-order chi connectivity index (χ0) is 16.9. The molecule has 2 atom stereocenters. The number of hydrogen-bond acceptors (Lipinski definition) is 3. The lowest BCUT2D eigenvalue weighted by Crippen LogP contribution is -2.41. The minimum absolute atomic E-state index is 0.00216. The van der Waals surface area contributed by atoms with Gasteiger partial charge in [0.1, 0.15) is 0 Å². The first-order valence-corrected chi connectivity index (χ1v) is 9.08. The lowest BCUT2D eigenvalue weighted by molar-refractivity contribution is 0.170. The van der Waals surface area contributed by atoms with Crippen molar-refractivity contribution >= 4 is 11.7 Å². The third kappa shape index (κ3) is 4.20. The quantitative estimate of drug-likeness (QED) is 0.902. The Bertz CT molecular complexity index is 551. The van der Waals surface area contributed by atoms with Gasteiger partial charge in [-0.15, -0.1) is 0 Å². The molecule has 1 N–H and O–H groups in total. The third-order valence-corrected chi connectivity index (χ3v) is 5.08. The van der Waals surface area contributed by atoms with Gasteiger partial charge in [-0.2, -0.15) is 0 Å². The average molecular weight is 331 g/mol. The standard InChI is InChI=1S/C19H29N3O2/c1-15(20-19(23)21(2)13-16-8-11-24-14-16)17-6-5-7-18(12-17)22-9-3-4-10-22/h5-7,12,15-16H,3-4,8-11,13-14H2,1-2H3,(H,20,23)/t15-,16+/m1/s1. The molecule has 0 aliphatic carbocycles. The Hall–Kier alpha value is -1.75. The summed E-state index contributed by atoms with van der Waals surface area (Å²) in [6.07, 6.45) is 3.59. The first-order valence-electron chi connectivity index (χ1n) is 9.08. The topological polar surface area (TPSA) is 44.8 Å². The average Bonchev–Trinajstić information content (AvgIpc) is 3.28. The number of amides is 2. The molecule has 5 nitrogen and oxygen atoms in total. The molecule has 0 unspecified atom stereocenters. The fraction of sp³-hybridized carbons (Fsp3) is 0.632. The zero-order valence-corrected chi connectivity index (χ0v) is 14.8. The van der Waals surface area contributed by atoms with Crippen LogP contribution in [0.1, 0.15) is 37.8 Å². The molecule has 2 aliphatic heterocycles. The Morgan fingerprint density at radius 1 is 1.42 bits per heavy atom. The summed E-state index contributed by atoms with van der Waals surface area (Å²) in [6, 6.07) is 8.54. The van der Waals surface area contributed by atoms with Gasteiger partial charge in [-0.3, -0.25) is 0 Å². The Labute approximate surface area is 145 Å². The van der Waals surface area contributed by atoms with Crippen LogP contribution in [0.5, 0.6) is 0 Å². The number of anilines is 1. The number of benzene rings is 1. The van der Waals surface area contributed by atoms with Crippen LogP contribution in [0.25, 0.3) is 0 Å². The van der Waals surface area contributed by atoms with Crippen LogP contribution < -0.4 is 10.2 Å². The van der Waals surface area contributed by atoms with Crippen LogP contribution >= 0.6 is 0 Å². The number of carbonyl (C=O) groups excluding carboxylic acids is 1. The predicted molar refractivity (Wildman–Crippen MR) is 96.4 cm³/mol. The van der Waals surface area contributed by atoms with Crippen molar-refractivity contribution in [2.45, 2.75) is 32.2 Å². The highest BCUT2D eigenvalue weighted by atomic mass is 16.5. The number of urea groups is 1. The van der Waals surface area contributed by atoms with Crippen LogP contribution in [0.3, 0.4) is 0 Å². The maximum Gasteiger partial charge on any atom is 0.317 e. The van der Waals surface area contributed by atoms with E-state index in [1.165, 1.54) is 18.5 Å². The molecule has 2 saturated heterocycles. The summed E-state index contributed by atoms with van der Waals surface area (Å²) >= 11 is 0. The van der Waals surface area contributed by atoms with E-state index in [4.69, 9.17) is 4.74 Å². The molecule has 2 amide bonds. The van der Waals surface area contributed by atoms with E-state index in [-0.39, 0.29) is 12.1 Å². The summed E-state index contributed by atoms with van der Waals surface area (Å²) in [4.78, 5) is 16.6. The van der Waals surface area contributed by atoms with E-state index >= 15 is 0 Å². The molecule has 3 rings (SSSR count). The summed E-state index contributed by atoms with van der Waals surface area (Å²) in [5.74, 6) is 0.467. The molecule has 2 aliphatic rings. The minimum Gasteiger partial charge on any atom is -0.381 e. The van der Waals surface area contributed by atoms with Crippen LogP contribution in [0.4, 0.5) is 10.5 Å². The smallest absolute Gasteiger partial charge is 0.317 e. The lowest BCUT2D eigenvalue weighted by Gasteiger charge is -2.24. The molecule has 0 saturated carbocycles. The highest BCUT2D eigenvalue weighted by Crippen LogP contribution is 2.24. The monoisotopic (exact) mass is 331 g/mol. The normalized spacial score (nSPS) is 21.8. The summed E-state index contributed by atoms with van der Waals surface area (Å²) in [5.41, 5.74) is 2.42. The molecule has 2 heterocycles. The SMILES string of the molecule is C[C@@H](NC(=O)N(C)C[C@@H]1CCOC1)c1cccc(N2CCCC2)c1. The molecule has 0 bridgehead atoms. The molecular weight excluding hydrogens is 302 g/mol. The van der Waals surface area contributed by atoms with Crippen molar-refractivity contribution in [3.05, 3.63) is 29.8 Å². The molecule has 1 aromatic rings. The maximum atomic E-state index is 12.4. The van der Waals surface area contributed by atoms with Gasteiger partial charge in [0.25, 0.3) is 0 Å². The molecule has 0 aromatic heterocycles. The summed E-state index contributed by atoms with van der Waals surface area (Å²) in [7, 11) is 1.86. The van der Waals surface area contributed by atoms with Crippen molar-refractivity contribution in [1.82, 2.24) is 10.2 Å². The molecule has 24 heavy (non-hydrogen) atoms. The van der Waals surface area contributed by atoms with Crippen LogP contribution in [0.2, 0.25) is 0 Å². The van der Waals surface area contributed by atoms with Crippen LogP contribution in [0, 0.1) is 5.92 Å². The number of nitrogens with one attached hydrogen (secondary N) is 1. The van der Waals surface area contributed by atoms with Gasteiger partial charge in [0, 0.05) is 44.9 Å². The second kappa shape index (κ2) is 7.88. The maximum absolute atomic E-state index is 12.4. The van der Waals surface area contributed by atoms with E-state index in [0.717, 1.165) is 44.8 Å². The van der Waals surface area contributed by atoms with Gasteiger partial charge in [0.2, 0.25) is 0 Å². The molecular formula is C19H29N3O2. The van der Waals surface area contributed by atoms with Crippen molar-refractivity contribution in [2.24, 2.45) is 5.92 Å². The van der Waals surface area contributed by atoms with Crippen molar-refractivity contribution in [1.29, 1.82) is 0 Å². The van der Waals surface area contributed by atoms with E-state index in [9.17, 15) is 4.79 Å². The molecule has 2 fully saturated rings. The van der Waals surface area contributed by atoms with Crippen molar-refractivity contribution < 1.29 is 9.53 Å². The van der Waals surface area contributed by atoms with Gasteiger partial charge >= 0.3 is 6.03 Å². The fourth-order valence-corrected chi connectivity index (χ4v) is 3.54. The minimum atomic E-state index is -0.0130. The largest absolute Gasteiger partial charge is 0.381 e. The van der Waals surface area contributed by atoms with Gasteiger partial charge in [-0.1, -0.05) is 12.1 Å².